The number of imide groups is 2. The maximum Gasteiger partial charge on any atom is 0.327 e. The van der Waals surface area contributed by atoms with E-state index in [2.05, 4.69) is 31.4 Å². The normalized spacial score (nSPS) is 27.9. The quantitative estimate of drug-likeness (QED) is 0.514. The molecular formula is C20H30N4O6. The number of nitrogens with one attached hydrogen (secondary N) is 2. The Balaban J connectivity index is 1.57. The van der Waals surface area contributed by atoms with Gasteiger partial charge in [-0.25, -0.2) is 9.59 Å². The molecule has 6 amide bonds. The summed E-state index contributed by atoms with van der Waals surface area (Å²) in [5, 5.41) is 5.27. The van der Waals surface area contributed by atoms with Gasteiger partial charge in [0.15, 0.2) is 6.10 Å². The van der Waals surface area contributed by atoms with E-state index in [1.54, 1.807) is 0 Å². The largest absolute Gasteiger partial charge is 0.451 e. The van der Waals surface area contributed by atoms with Gasteiger partial charge in [-0.3, -0.25) is 24.2 Å². The summed E-state index contributed by atoms with van der Waals surface area (Å²) in [5.74, 6) is -1.48. The fourth-order valence-electron chi connectivity index (χ4n) is 4.45. The van der Waals surface area contributed by atoms with Crippen LogP contribution in [0.15, 0.2) is 0 Å². The predicted octanol–water partition coefficient (Wildman–Crippen LogP) is 0.997. The summed E-state index contributed by atoms with van der Waals surface area (Å²) in [6, 6.07) is -1.16. The van der Waals surface area contributed by atoms with E-state index in [4.69, 9.17) is 4.74 Å². The van der Waals surface area contributed by atoms with E-state index in [1.165, 1.54) is 6.92 Å². The van der Waals surface area contributed by atoms with E-state index >= 15 is 0 Å². The summed E-state index contributed by atoms with van der Waals surface area (Å²) in [4.78, 5) is 63.3. The number of esters is 1. The molecule has 0 unspecified atom stereocenters. The Morgan fingerprint density at radius 1 is 1.17 bits per heavy atom. The average Bonchev–Trinajstić information content (AvgIpc) is 3.18. The van der Waals surface area contributed by atoms with Gasteiger partial charge in [0, 0.05) is 13.1 Å². The molecule has 0 aromatic heterocycles. The molecule has 3 aliphatic rings. The van der Waals surface area contributed by atoms with Crippen LogP contribution in [0.4, 0.5) is 9.59 Å². The van der Waals surface area contributed by atoms with Gasteiger partial charge in [0.1, 0.15) is 12.1 Å². The van der Waals surface area contributed by atoms with Crippen molar-refractivity contribution >= 4 is 29.8 Å². The highest BCUT2D eigenvalue weighted by Crippen LogP contribution is 2.43. The third-order valence-electron chi connectivity index (χ3n) is 6.38. The van der Waals surface area contributed by atoms with Gasteiger partial charge in [-0.2, -0.15) is 0 Å². The Labute approximate surface area is 175 Å². The summed E-state index contributed by atoms with van der Waals surface area (Å²) >= 11 is 0. The first-order valence-corrected chi connectivity index (χ1v) is 10.4. The molecule has 0 aromatic rings. The molecule has 0 aromatic carbocycles. The molecule has 30 heavy (non-hydrogen) atoms. The van der Waals surface area contributed by atoms with E-state index in [1.807, 2.05) is 0 Å². The molecule has 3 fully saturated rings. The predicted molar refractivity (Wildman–Crippen MR) is 105 cm³/mol. The highest BCUT2D eigenvalue weighted by molar-refractivity contribution is 6.09. The van der Waals surface area contributed by atoms with Crippen molar-refractivity contribution in [1.82, 2.24) is 20.4 Å². The van der Waals surface area contributed by atoms with Crippen LogP contribution in [-0.4, -0.2) is 70.9 Å². The van der Waals surface area contributed by atoms with Gasteiger partial charge >= 0.3 is 18.0 Å². The van der Waals surface area contributed by atoms with Crippen LogP contribution in [0.1, 0.15) is 53.4 Å². The smallest absolute Gasteiger partial charge is 0.327 e. The summed E-state index contributed by atoms with van der Waals surface area (Å²) in [5.41, 5.74) is -0.833. The zero-order valence-electron chi connectivity index (χ0n) is 17.9. The van der Waals surface area contributed by atoms with Gasteiger partial charge in [-0.05, 0) is 43.9 Å². The molecule has 1 aliphatic carbocycles. The number of hydrogen-bond donors (Lipinski definition) is 2. The van der Waals surface area contributed by atoms with E-state index in [0.717, 1.165) is 22.6 Å². The molecule has 166 valence electrons. The highest BCUT2D eigenvalue weighted by Gasteiger charge is 2.53. The maximum absolute atomic E-state index is 13.0. The van der Waals surface area contributed by atoms with Crippen molar-refractivity contribution < 1.29 is 28.7 Å². The Kier molecular flexibility index (Phi) is 5.79. The second kappa shape index (κ2) is 7.88. The number of rotatable bonds is 4. The number of carbonyl (C=O) groups excluding carboxylic acids is 5. The third kappa shape index (κ3) is 4.13. The molecular weight excluding hydrogens is 392 g/mol. The Morgan fingerprint density at radius 2 is 1.80 bits per heavy atom. The van der Waals surface area contributed by atoms with Gasteiger partial charge < -0.3 is 15.4 Å². The Bertz CT molecular complexity index is 766. The second-order valence-electron chi connectivity index (χ2n) is 9.40. The van der Waals surface area contributed by atoms with E-state index in [9.17, 15) is 24.0 Å². The first-order chi connectivity index (χ1) is 13.9. The van der Waals surface area contributed by atoms with Crippen molar-refractivity contribution in [1.29, 1.82) is 0 Å². The van der Waals surface area contributed by atoms with E-state index < -0.39 is 48.0 Å². The lowest BCUT2D eigenvalue weighted by Crippen LogP contribution is -2.51. The summed E-state index contributed by atoms with van der Waals surface area (Å²) in [6.45, 7) is 7.83. The molecule has 0 radical (unpaired) electrons. The van der Waals surface area contributed by atoms with Gasteiger partial charge in [-0.15, -0.1) is 0 Å². The SMILES string of the molecule is C[C@@H](OC(=O)CN1C(=O)NC2(CCC(C(C)(C)C)CC2)C1=O)C(=O)N1CCNC1=O. The topological polar surface area (TPSA) is 125 Å². The Hall–Kier alpha value is -2.65. The van der Waals surface area contributed by atoms with Crippen LogP contribution in [0.2, 0.25) is 0 Å². The molecule has 1 saturated carbocycles. The van der Waals surface area contributed by atoms with E-state index in [-0.39, 0.29) is 12.0 Å². The van der Waals surface area contributed by atoms with Crippen molar-refractivity contribution in [2.45, 2.75) is 65.0 Å². The minimum absolute atomic E-state index is 0.131. The standard InChI is InChI=1S/C20H30N4O6/c1-12(15(26)23-10-9-21-17(23)28)30-14(25)11-24-16(27)20(22-18(24)29)7-5-13(6-8-20)19(2,3)4/h12-13H,5-11H2,1-4H3,(H,21,28)(H,22,29)/t12-,13?,20?/m1/s1. The fraction of sp³-hybridized carbons (Fsp3) is 0.750. The lowest BCUT2D eigenvalue weighted by Gasteiger charge is -2.40. The number of ether oxygens (including phenoxy) is 1. The molecule has 1 atom stereocenters. The van der Waals surface area contributed by atoms with Crippen LogP contribution in [0.5, 0.6) is 0 Å². The number of carbonyl (C=O) groups is 5. The summed E-state index contributed by atoms with van der Waals surface area (Å²) in [6.07, 6.45) is 1.50. The lowest BCUT2D eigenvalue weighted by molar-refractivity contribution is -0.159. The van der Waals surface area contributed by atoms with Crippen molar-refractivity contribution in [2.24, 2.45) is 11.3 Å². The third-order valence-corrected chi connectivity index (χ3v) is 6.38. The van der Waals surface area contributed by atoms with Gasteiger partial charge in [-0.1, -0.05) is 20.8 Å². The first-order valence-electron chi connectivity index (χ1n) is 10.4. The maximum atomic E-state index is 13.0. The van der Waals surface area contributed by atoms with Gasteiger partial charge in [0.05, 0.1) is 0 Å². The van der Waals surface area contributed by atoms with E-state index in [0.29, 0.717) is 25.3 Å². The zero-order chi connectivity index (χ0) is 22.3. The van der Waals surface area contributed by atoms with Crippen LogP contribution in [0.25, 0.3) is 0 Å². The monoisotopic (exact) mass is 422 g/mol. The molecule has 3 rings (SSSR count). The van der Waals surface area contributed by atoms with Crippen molar-refractivity contribution in [2.75, 3.05) is 19.6 Å². The summed E-state index contributed by atoms with van der Waals surface area (Å²) in [7, 11) is 0. The van der Waals surface area contributed by atoms with Crippen LogP contribution in [0.3, 0.4) is 0 Å². The molecule has 2 heterocycles. The number of hydrogen-bond acceptors (Lipinski definition) is 6. The van der Waals surface area contributed by atoms with Crippen molar-refractivity contribution in [3.05, 3.63) is 0 Å². The minimum Gasteiger partial charge on any atom is -0.451 e. The molecule has 2 N–H and O–H groups in total. The van der Waals surface area contributed by atoms with Crippen molar-refractivity contribution in [3.63, 3.8) is 0 Å². The first kappa shape index (κ1) is 22.0. The second-order valence-corrected chi connectivity index (χ2v) is 9.40. The fourth-order valence-corrected chi connectivity index (χ4v) is 4.45. The molecule has 10 nitrogen and oxygen atoms in total. The zero-order valence-corrected chi connectivity index (χ0v) is 17.9. The number of amides is 6. The highest BCUT2D eigenvalue weighted by atomic mass is 16.5. The lowest BCUT2D eigenvalue weighted by atomic mass is 9.67. The number of nitrogens with zero attached hydrogens (tertiary/aromatic N) is 2. The van der Waals surface area contributed by atoms with Crippen LogP contribution in [0, 0.1) is 11.3 Å². The molecule has 10 heteroatoms. The van der Waals surface area contributed by atoms with Crippen molar-refractivity contribution in [3.8, 4) is 0 Å². The van der Waals surface area contributed by atoms with Crippen LogP contribution >= 0.6 is 0 Å². The average molecular weight is 422 g/mol. The molecule has 1 spiro atoms. The minimum atomic E-state index is -1.20. The number of urea groups is 2. The summed E-state index contributed by atoms with van der Waals surface area (Å²) < 4.78 is 5.08. The molecule has 2 aliphatic heterocycles. The van der Waals surface area contributed by atoms with Crippen LogP contribution < -0.4 is 10.6 Å². The molecule has 0 bridgehead atoms. The molecule has 2 saturated heterocycles. The van der Waals surface area contributed by atoms with Crippen LogP contribution in [-0.2, 0) is 19.1 Å². The Morgan fingerprint density at radius 3 is 2.33 bits per heavy atom. The van der Waals surface area contributed by atoms with Gasteiger partial charge in [0.2, 0.25) is 0 Å². The van der Waals surface area contributed by atoms with Gasteiger partial charge in [0.25, 0.3) is 11.8 Å².